The van der Waals surface area contributed by atoms with Gasteiger partial charge in [-0.05, 0) is 19.1 Å². The number of nitrogens with zero attached hydrogens (tertiary/aromatic N) is 5. The SMILES string of the molecule is CC(NS(=O)(=O)c1c(Cl)nc2ccccn12)c1nn[nH]n1. The van der Waals surface area contributed by atoms with Crippen LogP contribution in [0.5, 0.6) is 0 Å². The summed E-state index contributed by atoms with van der Waals surface area (Å²) < 4.78 is 28.8. The van der Waals surface area contributed by atoms with Gasteiger partial charge in [0.25, 0.3) is 10.0 Å². The van der Waals surface area contributed by atoms with Crippen LogP contribution in [0.4, 0.5) is 0 Å². The van der Waals surface area contributed by atoms with Crippen LogP contribution in [0.2, 0.25) is 5.15 Å². The number of rotatable bonds is 4. The van der Waals surface area contributed by atoms with Gasteiger partial charge in [-0.2, -0.15) is 9.94 Å². The summed E-state index contributed by atoms with van der Waals surface area (Å²) in [6.07, 6.45) is 1.57. The molecular formula is C10H10ClN7O2S. The fourth-order valence-corrected chi connectivity index (χ4v) is 3.72. The van der Waals surface area contributed by atoms with Gasteiger partial charge in [0.15, 0.2) is 16.0 Å². The first-order valence-electron chi connectivity index (χ1n) is 5.87. The molecule has 0 spiro atoms. The van der Waals surface area contributed by atoms with Crippen LogP contribution < -0.4 is 4.72 Å². The molecule has 3 heterocycles. The molecule has 0 aromatic carbocycles. The second-order valence-electron chi connectivity index (χ2n) is 4.25. The fraction of sp³-hybridized carbons (Fsp3) is 0.200. The number of fused-ring (bicyclic) bond motifs is 1. The summed E-state index contributed by atoms with van der Waals surface area (Å²) in [5.41, 5.74) is 0.440. The number of pyridine rings is 1. The van der Waals surface area contributed by atoms with Crippen LogP contribution in [0, 0.1) is 0 Å². The van der Waals surface area contributed by atoms with Crippen molar-refractivity contribution in [2.45, 2.75) is 18.0 Å². The van der Waals surface area contributed by atoms with E-state index in [2.05, 4.69) is 30.3 Å². The summed E-state index contributed by atoms with van der Waals surface area (Å²) >= 11 is 5.96. The zero-order valence-electron chi connectivity index (χ0n) is 10.7. The molecule has 3 rings (SSSR count). The average Bonchev–Trinajstić information content (AvgIpc) is 3.04. The zero-order chi connectivity index (χ0) is 15.0. The minimum atomic E-state index is -3.90. The topological polar surface area (TPSA) is 118 Å². The minimum Gasteiger partial charge on any atom is -0.288 e. The van der Waals surface area contributed by atoms with E-state index in [-0.39, 0.29) is 16.0 Å². The highest BCUT2D eigenvalue weighted by atomic mass is 35.5. The van der Waals surface area contributed by atoms with Crippen LogP contribution in [-0.4, -0.2) is 38.4 Å². The molecule has 1 atom stereocenters. The summed E-state index contributed by atoms with van der Waals surface area (Å²) in [6.45, 7) is 1.60. The summed E-state index contributed by atoms with van der Waals surface area (Å²) in [4.78, 5) is 4.01. The lowest BCUT2D eigenvalue weighted by Gasteiger charge is -2.10. The molecule has 9 nitrogen and oxygen atoms in total. The highest BCUT2D eigenvalue weighted by molar-refractivity contribution is 7.89. The molecule has 0 aliphatic carbocycles. The molecule has 0 fully saturated rings. The number of H-pyrrole nitrogens is 1. The average molecular weight is 328 g/mol. The van der Waals surface area contributed by atoms with Crippen molar-refractivity contribution in [1.82, 2.24) is 34.7 Å². The largest absolute Gasteiger partial charge is 0.288 e. The number of imidazole rings is 1. The van der Waals surface area contributed by atoms with Gasteiger partial charge in [-0.25, -0.2) is 13.4 Å². The number of nitrogens with one attached hydrogen (secondary N) is 2. The van der Waals surface area contributed by atoms with Gasteiger partial charge in [0, 0.05) is 6.20 Å². The van der Waals surface area contributed by atoms with E-state index in [0.717, 1.165) is 0 Å². The molecule has 11 heteroatoms. The highest BCUT2D eigenvalue weighted by Crippen LogP contribution is 2.23. The van der Waals surface area contributed by atoms with Crippen LogP contribution in [0.25, 0.3) is 5.65 Å². The Morgan fingerprint density at radius 1 is 1.43 bits per heavy atom. The number of aromatic amines is 1. The molecule has 3 aromatic heterocycles. The van der Waals surface area contributed by atoms with Crippen molar-refractivity contribution in [3.63, 3.8) is 0 Å². The molecule has 0 radical (unpaired) electrons. The van der Waals surface area contributed by atoms with Gasteiger partial charge in [0.05, 0.1) is 6.04 Å². The molecule has 0 saturated heterocycles. The Labute approximate surface area is 124 Å². The number of tetrazole rings is 1. The van der Waals surface area contributed by atoms with Gasteiger partial charge in [0.1, 0.15) is 5.65 Å². The lowest BCUT2D eigenvalue weighted by atomic mass is 10.4. The van der Waals surface area contributed by atoms with E-state index in [0.29, 0.717) is 5.65 Å². The smallest absolute Gasteiger partial charge is 0.260 e. The lowest BCUT2D eigenvalue weighted by Crippen LogP contribution is -2.28. The van der Waals surface area contributed by atoms with E-state index >= 15 is 0 Å². The van der Waals surface area contributed by atoms with Gasteiger partial charge < -0.3 is 0 Å². The Bertz CT molecular complexity index is 874. The summed E-state index contributed by atoms with van der Waals surface area (Å²) in [5, 5.41) is 12.9. The van der Waals surface area contributed by atoms with Crippen molar-refractivity contribution in [1.29, 1.82) is 0 Å². The van der Waals surface area contributed by atoms with Gasteiger partial charge in [0.2, 0.25) is 0 Å². The third kappa shape index (κ3) is 2.48. The van der Waals surface area contributed by atoms with Crippen molar-refractivity contribution < 1.29 is 8.42 Å². The van der Waals surface area contributed by atoms with E-state index in [1.807, 2.05) is 0 Å². The van der Waals surface area contributed by atoms with Gasteiger partial charge in [-0.15, -0.1) is 10.2 Å². The zero-order valence-corrected chi connectivity index (χ0v) is 12.3. The predicted octanol–water partition coefficient (Wildman–Crippen LogP) is 0.540. The van der Waals surface area contributed by atoms with E-state index < -0.39 is 16.1 Å². The molecule has 110 valence electrons. The Kier molecular flexibility index (Phi) is 3.35. The molecular weight excluding hydrogens is 318 g/mol. The third-order valence-corrected chi connectivity index (χ3v) is 4.72. The predicted molar refractivity (Wildman–Crippen MR) is 73.1 cm³/mol. The van der Waals surface area contributed by atoms with E-state index in [1.54, 1.807) is 31.3 Å². The second-order valence-corrected chi connectivity index (χ2v) is 6.24. The third-order valence-electron chi connectivity index (χ3n) is 2.78. The summed E-state index contributed by atoms with van der Waals surface area (Å²) in [6, 6.07) is 4.42. The maximum Gasteiger partial charge on any atom is 0.260 e. The van der Waals surface area contributed by atoms with Gasteiger partial charge >= 0.3 is 0 Å². The van der Waals surface area contributed by atoms with E-state index in [9.17, 15) is 8.42 Å². The molecule has 1 unspecified atom stereocenters. The Morgan fingerprint density at radius 3 is 2.95 bits per heavy atom. The Morgan fingerprint density at radius 2 is 2.24 bits per heavy atom. The number of hydrogen-bond donors (Lipinski definition) is 2. The van der Waals surface area contributed by atoms with Crippen molar-refractivity contribution in [2.24, 2.45) is 0 Å². The molecule has 0 amide bonds. The van der Waals surface area contributed by atoms with Crippen molar-refractivity contribution >= 4 is 27.3 Å². The maximum absolute atomic E-state index is 12.5. The van der Waals surface area contributed by atoms with Crippen LogP contribution in [0.15, 0.2) is 29.4 Å². The molecule has 0 bridgehead atoms. The maximum atomic E-state index is 12.5. The summed E-state index contributed by atoms with van der Waals surface area (Å²) in [7, 11) is -3.90. The van der Waals surface area contributed by atoms with Gasteiger partial charge in [-0.3, -0.25) is 4.40 Å². The standard InChI is InChI=1S/C10H10ClN7O2S/c1-6(9-13-16-17-14-9)15-21(19,20)10-8(11)12-7-4-2-3-5-18(7)10/h2-6,15H,1H3,(H,13,14,16,17). The molecule has 0 saturated carbocycles. The molecule has 3 aromatic rings. The fourth-order valence-electron chi connectivity index (χ4n) is 1.88. The molecule has 2 N–H and O–H groups in total. The van der Waals surface area contributed by atoms with Crippen LogP contribution in [-0.2, 0) is 10.0 Å². The van der Waals surface area contributed by atoms with Crippen LogP contribution in [0.3, 0.4) is 0 Å². The number of aromatic nitrogens is 6. The number of sulfonamides is 1. The van der Waals surface area contributed by atoms with Crippen LogP contribution >= 0.6 is 11.6 Å². The van der Waals surface area contributed by atoms with Crippen molar-refractivity contribution in [2.75, 3.05) is 0 Å². The minimum absolute atomic E-state index is 0.103. The Balaban J connectivity index is 2.03. The molecule has 0 aliphatic heterocycles. The summed E-state index contributed by atoms with van der Waals surface area (Å²) in [5.74, 6) is 0.225. The van der Waals surface area contributed by atoms with Crippen molar-refractivity contribution in [3.8, 4) is 0 Å². The normalized spacial score (nSPS) is 13.6. The van der Waals surface area contributed by atoms with E-state index in [1.165, 1.54) is 4.40 Å². The molecule has 21 heavy (non-hydrogen) atoms. The van der Waals surface area contributed by atoms with Crippen molar-refractivity contribution in [3.05, 3.63) is 35.4 Å². The molecule has 0 aliphatic rings. The first-order chi connectivity index (χ1) is 9.99. The first-order valence-corrected chi connectivity index (χ1v) is 7.73. The monoisotopic (exact) mass is 327 g/mol. The lowest BCUT2D eigenvalue weighted by molar-refractivity contribution is 0.555. The van der Waals surface area contributed by atoms with Gasteiger partial charge in [-0.1, -0.05) is 22.9 Å². The van der Waals surface area contributed by atoms with E-state index in [4.69, 9.17) is 11.6 Å². The first kappa shape index (κ1) is 13.9. The second kappa shape index (κ2) is 5.06. The highest BCUT2D eigenvalue weighted by Gasteiger charge is 2.27. The Hall–Kier alpha value is -2.04. The number of hydrogen-bond acceptors (Lipinski definition) is 6. The number of halogens is 1. The quantitative estimate of drug-likeness (QED) is 0.722. The van der Waals surface area contributed by atoms with Crippen LogP contribution in [0.1, 0.15) is 18.8 Å².